The molecule has 0 aliphatic carbocycles. The first-order valence-corrected chi connectivity index (χ1v) is 8.37. The summed E-state index contributed by atoms with van der Waals surface area (Å²) >= 11 is 0. The smallest absolute Gasteiger partial charge is 0.344 e. The number of rotatable bonds is 4. The third kappa shape index (κ3) is 3.98. The fourth-order valence-electron chi connectivity index (χ4n) is 2.84. The van der Waals surface area contributed by atoms with E-state index in [1.54, 1.807) is 4.90 Å². The molecule has 0 radical (unpaired) electrons. The number of nitrogens with zero attached hydrogens (tertiary/aromatic N) is 5. The Morgan fingerprint density at radius 2 is 2.20 bits per heavy atom. The van der Waals surface area contributed by atoms with E-state index in [1.807, 2.05) is 25.1 Å². The number of ether oxygens (including phenoxy) is 1. The lowest BCUT2D eigenvalue weighted by atomic mass is 10.1. The molecule has 7 nitrogen and oxygen atoms in total. The molecule has 1 aromatic carbocycles. The van der Waals surface area contributed by atoms with Crippen LogP contribution >= 0.6 is 0 Å². The Kier molecular flexibility index (Phi) is 5.31. The summed E-state index contributed by atoms with van der Waals surface area (Å²) in [7, 11) is 0. The van der Waals surface area contributed by atoms with Crippen LogP contribution < -0.4 is 4.90 Å². The van der Waals surface area contributed by atoms with Gasteiger partial charge in [0.1, 0.15) is 6.07 Å². The molecule has 0 atom stereocenters. The van der Waals surface area contributed by atoms with Crippen LogP contribution in [0.15, 0.2) is 36.7 Å². The average Bonchev–Trinajstić information content (AvgIpc) is 3.16. The largest absolute Gasteiger partial charge is 0.378 e. The third-order valence-corrected chi connectivity index (χ3v) is 4.22. The number of amides is 1. The van der Waals surface area contributed by atoms with E-state index >= 15 is 0 Å². The molecule has 0 bridgehead atoms. The van der Waals surface area contributed by atoms with E-state index in [2.05, 4.69) is 22.1 Å². The third-order valence-electron chi connectivity index (χ3n) is 4.22. The fraction of sp³-hybridized carbons (Fsp3) is 0.389. The molecule has 25 heavy (non-hydrogen) atoms. The van der Waals surface area contributed by atoms with Crippen LogP contribution in [0.25, 0.3) is 0 Å². The number of hydrogen-bond donors (Lipinski definition) is 0. The molecule has 1 amide bonds. The van der Waals surface area contributed by atoms with E-state index < -0.39 is 0 Å². The van der Waals surface area contributed by atoms with Gasteiger partial charge in [-0.1, -0.05) is 12.1 Å². The number of anilines is 1. The van der Waals surface area contributed by atoms with Crippen molar-refractivity contribution in [1.82, 2.24) is 14.7 Å². The van der Waals surface area contributed by atoms with Crippen LogP contribution in [-0.4, -0.2) is 53.6 Å². The lowest BCUT2D eigenvalue weighted by Gasteiger charge is -2.29. The van der Waals surface area contributed by atoms with Crippen molar-refractivity contribution in [2.45, 2.75) is 13.5 Å². The van der Waals surface area contributed by atoms with Crippen LogP contribution in [0, 0.1) is 11.3 Å². The Morgan fingerprint density at radius 1 is 1.40 bits per heavy atom. The highest BCUT2D eigenvalue weighted by atomic mass is 16.5. The van der Waals surface area contributed by atoms with Crippen LogP contribution in [0.5, 0.6) is 0 Å². The Labute approximate surface area is 147 Å². The summed E-state index contributed by atoms with van der Waals surface area (Å²) in [5, 5.41) is 12.8. The summed E-state index contributed by atoms with van der Waals surface area (Å²) in [5.74, 6) is 0. The standard InChI is InChI=1S/C18H21N5O2/c1-2-21(18(24)23-14-16(11-19)12-20-23)13-15-4-3-5-17(10-15)22-6-8-25-9-7-22/h3-5,10,12,14H,2,6-9,13H2,1H3. The topological polar surface area (TPSA) is 74.4 Å². The van der Waals surface area contributed by atoms with Gasteiger partial charge < -0.3 is 14.5 Å². The number of nitriles is 1. The van der Waals surface area contributed by atoms with Crippen LogP contribution in [0.2, 0.25) is 0 Å². The molecule has 0 N–H and O–H groups in total. The molecule has 0 unspecified atom stereocenters. The minimum absolute atomic E-state index is 0.235. The van der Waals surface area contributed by atoms with E-state index in [-0.39, 0.29) is 6.03 Å². The monoisotopic (exact) mass is 339 g/mol. The summed E-state index contributed by atoms with van der Waals surface area (Å²) < 4.78 is 6.61. The molecule has 7 heteroatoms. The molecular formula is C18H21N5O2. The van der Waals surface area contributed by atoms with Gasteiger partial charge in [0, 0.05) is 31.9 Å². The molecule has 2 heterocycles. The van der Waals surface area contributed by atoms with E-state index in [0.29, 0.717) is 18.7 Å². The number of benzene rings is 1. The second-order valence-electron chi connectivity index (χ2n) is 5.85. The maximum absolute atomic E-state index is 12.6. The SMILES string of the molecule is CCN(Cc1cccc(N2CCOCC2)c1)C(=O)n1cc(C#N)cn1. The van der Waals surface area contributed by atoms with Crippen LogP contribution in [0.1, 0.15) is 18.1 Å². The fourth-order valence-corrected chi connectivity index (χ4v) is 2.84. The van der Waals surface area contributed by atoms with Gasteiger partial charge in [-0.05, 0) is 24.6 Å². The quantitative estimate of drug-likeness (QED) is 0.852. The van der Waals surface area contributed by atoms with Gasteiger partial charge in [0.15, 0.2) is 0 Å². The van der Waals surface area contributed by atoms with Crippen molar-refractivity contribution in [2.75, 3.05) is 37.7 Å². The maximum atomic E-state index is 12.6. The minimum atomic E-state index is -0.235. The minimum Gasteiger partial charge on any atom is -0.378 e. The molecule has 2 aromatic rings. The van der Waals surface area contributed by atoms with Crippen molar-refractivity contribution < 1.29 is 9.53 Å². The van der Waals surface area contributed by atoms with E-state index in [1.165, 1.54) is 17.1 Å². The van der Waals surface area contributed by atoms with E-state index in [4.69, 9.17) is 10.00 Å². The number of carbonyl (C=O) groups is 1. The van der Waals surface area contributed by atoms with Crippen LogP contribution in [-0.2, 0) is 11.3 Å². The number of morpholine rings is 1. The molecular weight excluding hydrogens is 318 g/mol. The molecule has 1 fully saturated rings. The molecule has 1 aromatic heterocycles. The predicted octanol–water partition coefficient (Wildman–Crippen LogP) is 2.08. The number of hydrogen-bond acceptors (Lipinski definition) is 5. The zero-order chi connectivity index (χ0) is 17.6. The van der Waals surface area contributed by atoms with Gasteiger partial charge in [-0.25, -0.2) is 4.79 Å². The molecule has 3 rings (SSSR count). The van der Waals surface area contributed by atoms with E-state index in [9.17, 15) is 4.79 Å². The van der Waals surface area contributed by atoms with Crippen molar-refractivity contribution in [3.8, 4) is 6.07 Å². The molecule has 1 saturated heterocycles. The van der Waals surface area contributed by atoms with Gasteiger partial charge in [0.05, 0.1) is 31.2 Å². The van der Waals surface area contributed by atoms with Crippen molar-refractivity contribution >= 4 is 11.7 Å². The van der Waals surface area contributed by atoms with Gasteiger partial charge >= 0.3 is 6.03 Å². The summed E-state index contributed by atoms with van der Waals surface area (Å²) in [5.41, 5.74) is 2.58. The highest BCUT2D eigenvalue weighted by Gasteiger charge is 2.17. The first-order chi connectivity index (χ1) is 12.2. The Balaban J connectivity index is 1.73. The highest BCUT2D eigenvalue weighted by molar-refractivity contribution is 5.76. The lowest BCUT2D eigenvalue weighted by Crippen LogP contribution is -2.36. The van der Waals surface area contributed by atoms with Crippen molar-refractivity contribution in [3.63, 3.8) is 0 Å². The summed E-state index contributed by atoms with van der Waals surface area (Å²) in [4.78, 5) is 16.6. The Hall–Kier alpha value is -2.85. The maximum Gasteiger partial charge on any atom is 0.344 e. The average molecular weight is 339 g/mol. The molecule has 1 aliphatic heterocycles. The van der Waals surface area contributed by atoms with E-state index in [0.717, 1.165) is 37.6 Å². The first kappa shape index (κ1) is 17.0. The zero-order valence-corrected chi connectivity index (χ0v) is 14.3. The van der Waals surface area contributed by atoms with Gasteiger partial charge in [-0.15, -0.1) is 0 Å². The molecule has 1 aliphatic rings. The highest BCUT2D eigenvalue weighted by Crippen LogP contribution is 2.19. The second kappa shape index (κ2) is 7.81. The Morgan fingerprint density at radius 3 is 2.88 bits per heavy atom. The van der Waals surface area contributed by atoms with Gasteiger partial charge in [-0.3, -0.25) is 0 Å². The van der Waals surface area contributed by atoms with Gasteiger partial charge in [0.2, 0.25) is 0 Å². The van der Waals surface area contributed by atoms with Gasteiger partial charge in [-0.2, -0.15) is 15.0 Å². The molecule has 0 saturated carbocycles. The zero-order valence-electron chi connectivity index (χ0n) is 14.3. The van der Waals surface area contributed by atoms with Gasteiger partial charge in [0.25, 0.3) is 0 Å². The summed E-state index contributed by atoms with van der Waals surface area (Å²) in [6.07, 6.45) is 2.85. The molecule has 130 valence electrons. The predicted molar refractivity (Wildman–Crippen MR) is 93.3 cm³/mol. The normalized spacial score (nSPS) is 14.2. The second-order valence-corrected chi connectivity index (χ2v) is 5.85. The Bertz CT molecular complexity index is 774. The summed E-state index contributed by atoms with van der Waals surface area (Å²) in [6, 6.07) is 9.98. The number of carbonyl (C=O) groups excluding carboxylic acids is 1. The summed E-state index contributed by atoms with van der Waals surface area (Å²) in [6.45, 7) is 6.22. The lowest BCUT2D eigenvalue weighted by molar-refractivity contribution is 0.122. The van der Waals surface area contributed by atoms with Crippen molar-refractivity contribution in [2.24, 2.45) is 0 Å². The van der Waals surface area contributed by atoms with Crippen LogP contribution in [0.4, 0.5) is 10.5 Å². The first-order valence-electron chi connectivity index (χ1n) is 8.37. The number of aromatic nitrogens is 2. The molecule has 0 spiro atoms. The van der Waals surface area contributed by atoms with Crippen molar-refractivity contribution in [3.05, 3.63) is 47.8 Å². The van der Waals surface area contributed by atoms with Crippen LogP contribution in [0.3, 0.4) is 0 Å². The van der Waals surface area contributed by atoms with Crippen molar-refractivity contribution in [1.29, 1.82) is 5.26 Å².